The van der Waals surface area contributed by atoms with Crippen molar-refractivity contribution in [3.63, 3.8) is 0 Å². The van der Waals surface area contributed by atoms with Crippen molar-refractivity contribution in [2.75, 3.05) is 27.3 Å². The van der Waals surface area contributed by atoms with Crippen LogP contribution in [0.25, 0.3) is 0 Å². The molecule has 1 amide bonds. The first-order valence-electron chi connectivity index (χ1n) is 6.93. The van der Waals surface area contributed by atoms with E-state index in [0.29, 0.717) is 34.7 Å². The van der Waals surface area contributed by atoms with Gasteiger partial charge in [0.15, 0.2) is 11.5 Å². The van der Waals surface area contributed by atoms with E-state index in [9.17, 15) is 4.79 Å². The number of methoxy groups -OCH3 is 1. The van der Waals surface area contributed by atoms with Gasteiger partial charge in [0, 0.05) is 25.2 Å². The maximum absolute atomic E-state index is 12.4. The third-order valence-corrected chi connectivity index (χ3v) is 3.84. The van der Waals surface area contributed by atoms with E-state index in [1.54, 1.807) is 31.2 Å². The van der Waals surface area contributed by atoms with Gasteiger partial charge in [-0.25, -0.2) is 0 Å². The first-order chi connectivity index (χ1) is 9.96. The Kier molecular flexibility index (Phi) is 6.98. The van der Waals surface area contributed by atoms with Crippen molar-refractivity contribution in [2.45, 2.75) is 26.3 Å². The van der Waals surface area contributed by atoms with E-state index in [1.807, 2.05) is 13.8 Å². The molecule has 0 aromatic heterocycles. The first kappa shape index (κ1) is 17.8. The molecular weight excluding hydrogens is 336 g/mol. The molecule has 0 heterocycles. The lowest BCUT2D eigenvalue weighted by Gasteiger charge is -2.24. The van der Waals surface area contributed by atoms with Gasteiger partial charge in [-0.15, -0.1) is 0 Å². The zero-order chi connectivity index (χ0) is 16.0. The molecule has 0 saturated heterocycles. The molecule has 0 saturated carbocycles. The van der Waals surface area contributed by atoms with Gasteiger partial charge in [-0.3, -0.25) is 4.79 Å². The Labute approximate surface area is 134 Å². The molecule has 0 bridgehead atoms. The highest BCUT2D eigenvalue weighted by Gasteiger charge is 2.20. The zero-order valence-electron chi connectivity index (χ0n) is 13.0. The summed E-state index contributed by atoms with van der Waals surface area (Å²) in [7, 11) is 3.29. The molecule has 1 aromatic rings. The van der Waals surface area contributed by atoms with Crippen molar-refractivity contribution in [3.8, 4) is 11.5 Å². The largest absolute Gasteiger partial charge is 0.493 e. The topological polar surface area (TPSA) is 64.8 Å². The SMILES string of the molecule is CCCOc1c(Br)cc(C(=O)N(C)C(C)CN)cc1OC. The summed E-state index contributed by atoms with van der Waals surface area (Å²) < 4.78 is 11.7. The average Bonchev–Trinajstić information content (AvgIpc) is 2.50. The highest BCUT2D eigenvalue weighted by Crippen LogP contribution is 2.37. The number of hydrogen-bond donors (Lipinski definition) is 1. The van der Waals surface area contributed by atoms with Crippen LogP contribution in [0.3, 0.4) is 0 Å². The first-order valence-corrected chi connectivity index (χ1v) is 7.73. The van der Waals surface area contributed by atoms with Gasteiger partial charge >= 0.3 is 0 Å². The molecule has 0 fully saturated rings. The number of rotatable bonds is 7. The Bertz CT molecular complexity index is 494. The molecule has 1 atom stereocenters. The summed E-state index contributed by atoms with van der Waals surface area (Å²) in [4.78, 5) is 14.1. The van der Waals surface area contributed by atoms with E-state index < -0.39 is 0 Å². The molecule has 0 aliphatic rings. The number of carbonyl (C=O) groups excluding carboxylic acids is 1. The predicted molar refractivity (Wildman–Crippen MR) is 87.1 cm³/mol. The lowest BCUT2D eigenvalue weighted by molar-refractivity contribution is 0.0748. The Hall–Kier alpha value is -1.27. The summed E-state index contributed by atoms with van der Waals surface area (Å²) in [5, 5.41) is 0. The molecule has 6 heteroatoms. The van der Waals surface area contributed by atoms with Crippen molar-refractivity contribution in [3.05, 3.63) is 22.2 Å². The van der Waals surface area contributed by atoms with Crippen molar-refractivity contribution in [1.82, 2.24) is 4.90 Å². The molecule has 1 rings (SSSR count). The number of nitrogens with two attached hydrogens (primary N) is 1. The molecular formula is C15H23BrN2O3. The number of ether oxygens (including phenoxy) is 2. The second-order valence-corrected chi connectivity index (χ2v) is 5.69. The molecule has 0 aliphatic heterocycles. The maximum atomic E-state index is 12.4. The Morgan fingerprint density at radius 3 is 2.67 bits per heavy atom. The molecule has 0 radical (unpaired) electrons. The number of likely N-dealkylation sites (N-methyl/N-ethyl adjacent to an activating group) is 1. The number of amides is 1. The van der Waals surface area contributed by atoms with Crippen LogP contribution < -0.4 is 15.2 Å². The van der Waals surface area contributed by atoms with E-state index in [4.69, 9.17) is 15.2 Å². The molecule has 0 spiro atoms. The molecule has 2 N–H and O–H groups in total. The fourth-order valence-electron chi connectivity index (χ4n) is 1.75. The standard InChI is InChI=1S/C15H23BrN2O3/c1-5-6-21-14-12(16)7-11(8-13(14)20-4)15(19)18(3)10(2)9-17/h7-8,10H,5-6,9,17H2,1-4H3. The summed E-state index contributed by atoms with van der Waals surface area (Å²) in [5.74, 6) is 1.05. The van der Waals surface area contributed by atoms with Gasteiger partial charge in [-0.05, 0) is 41.4 Å². The molecule has 118 valence electrons. The van der Waals surface area contributed by atoms with Gasteiger partial charge < -0.3 is 20.1 Å². The third kappa shape index (κ3) is 4.35. The lowest BCUT2D eigenvalue weighted by Crippen LogP contribution is -2.39. The quantitative estimate of drug-likeness (QED) is 0.813. The summed E-state index contributed by atoms with van der Waals surface area (Å²) in [6, 6.07) is 3.41. The Morgan fingerprint density at radius 1 is 1.48 bits per heavy atom. The molecule has 21 heavy (non-hydrogen) atoms. The maximum Gasteiger partial charge on any atom is 0.254 e. The lowest BCUT2D eigenvalue weighted by atomic mass is 10.1. The second-order valence-electron chi connectivity index (χ2n) is 4.84. The second kappa shape index (κ2) is 8.24. The summed E-state index contributed by atoms with van der Waals surface area (Å²) in [6.45, 7) is 4.94. The van der Waals surface area contributed by atoms with Crippen LogP contribution in [0, 0.1) is 0 Å². The van der Waals surface area contributed by atoms with E-state index >= 15 is 0 Å². The predicted octanol–water partition coefficient (Wildman–Crippen LogP) is 2.67. The molecule has 5 nitrogen and oxygen atoms in total. The van der Waals surface area contributed by atoms with Gasteiger partial charge in [0.25, 0.3) is 5.91 Å². The van der Waals surface area contributed by atoms with Gasteiger partial charge in [-0.1, -0.05) is 6.92 Å². The van der Waals surface area contributed by atoms with Crippen LogP contribution in [0.15, 0.2) is 16.6 Å². The third-order valence-electron chi connectivity index (χ3n) is 3.25. The monoisotopic (exact) mass is 358 g/mol. The van der Waals surface area contributed by atoms with E-state index in [-0.39, 0.29) is 11.9 Å². The van der Waals surface area contributed by atoms with Gasteiger partial charge in [0.05, 0.1) is 18.2 Å². The molecule has 1 unspecified atom stereocenters. The van der Waals surface area contributed by atoms with Crippen molar-refractivity contribution in [1.29, 1.82) is 0 Å². The highest BCUT2D eigenvalue weighted by molar-refractivity contribution is 9.10. The number of nitrogens with zero attached hydrogens (tertiary/aromatic N) is 1. The van der Waals surface area contributed by atoms with Crippen LogP contribution in [0.5, 0.6) is 11.5 Å². The minimum Gasteiger partial charge on any atom is -0.493 e. The molecule has 1 aromatic carbocycles. The van der Waals surface area contributed by atoms with E-state index in [1.165, 1.54) is 0 Å². The van der Waals surface area contributed by atoms with Crippen molar-refractivity contribution < 1.29 is 14.3 Å². The normalized spacial score (nSPS) is 11.9. The Morgan fingerprint density at radius 2 is 2.14 bits per heavy atom. The zero-order valence-corrected chi connectivity index (χ0v) is 14.6. The summed E-state index contributed by atoms with van der Waals surface area (Å²) in [6.07, 6.45) is 0.896. The molecule has 0 aliphatic carbocycles. The van der Waals surface area contributed by atoms with E-state index in [0.717, 1.165) is 6.42 Å². The number of hydrogen-bond acceptors (Lipinski definition) is 4. The fraction of sp³-hybridized carbons (Fsp3) is 0.533. The smallest absolute Gasteiger partial charge is 0.254 e. The number of carbonyl (C=O) groups is 1. The number of benzene rings is 1. The average molecular weight is 359 g/mol. The Balaban J connectivity index is 3.10. The minimum atomic E-state index is -0.103. The summed E-state index contributed by atoms with van der Waals surface area (Å²) in [5.41, 5.74) is 6.14. The van der Waals surface area contributed by atoms with Crippen LogP contribution in [-0.4, -0.2) is 44.2 Å². The van der Waals surface area contributed by atoms with Crippen LogP contribution in [0.2, 0.25) is 0 Å². The van der Waals surface area contributed by atoms with Crippen LogP contribution in [-0.2, 0) is 0 Å². The van der Waals surface area contributed by atoms with Crippen molar-refractivity contribution >= 4 is 21.8 Å². The van der Waals surface area contributed by atoms with Crippen molar-refractivity contribution in [2.24, 2.45) is 5.73 Å². The van der Waals surface area contributed by atoms with Gasteiger partial charge in [0.1, 0.15) is 0 Å². The van der Waals surface area contributed by atoms with E-state index in [2.05, 4.69) is 15.9 Å². The highest BCUT2D eigenvalue weighted by atomic mass is 79.9. The van der Waals surface area contributed by atoms with Crippen LogP contribution in [0.4, 0.5) is 0 Å². The van der Waals surface area contributed by atoms with Gasteiger partial charge in [0.2, 0.25) is 0 Å². The van der Waals surface area contributed by atoms with Crippen LogP contribution in [0.1, 0.15) is 30.6 Å². The number of halogens is 1. The van der Waals surface area contributed by atoms with Crippen LogP contribution >= 0.6 is 15.9 Å². The fourth-order valence-corrected chi connectivity index (χ4v) is 2.31. The minimum absolute atomic E-state index is 0.0294. The summed E-state index contributed by atoms with van der Waals surface area (Å²) >= 11 is 3.44. The van der Waals surface area contributed by atoms with Gasteiger partial charge in [-0.2, -0.15) is 0 Å².